The summed E-state index contributed by atoms with van der Waals surface area (Å²) < 4.78 is 11.6. The van der Waals surface area contributed by atoms with E-state index in [2.05, 4.69) is 5.32 Å². The molecule has 0 heterocycles. The Hall–Kier alpha value is -1.59. The Labute approximate surface area is 138 Å². The van der Waals surface area contributed by atoms with Crippen LogP contribution in [0.3, 0.4) is 0 Å². The van der Waals surface area contributed by atoms with Crippen molar-refractivity contribution >= 4 is 28.5 Å². The third-order valence-electron chi connectivity index (χ3n) is 3.26. The molecule has 0 radical (unpaired) electrons. The van der Waals surface area contributed by atoms with Crippen LogP contribution in [0.1, 0.15) is 22.0 Å². The molecule has 0 aromatic heterocycles. The summed E-state index contributed by atoms with van der Waals surface area (Å²) in [6.07, 6.45) is 3.60. The molecule has 2 aromatic carbocycles. The van der Waals surface area contributed by atoms with Crippen molar-refractivity contribution in [1.29, 1.82) is 0 Å². The smallest absolute Gasteiger partial charge is 0.252 e. The van der Waals surface area contributed by atoms with Gasteiger partial charge in [-0.05, 0) is 24.0 Å². The highest BCUT2D eigenvalue weighted by Crippen LogP contribution is 2.21. The van der Waals surface area contributed by atoms with Crippen molar-refractivity contribution in [2.45, 2.75) is 10.9 Å². The fourth-order valence-electron chi connectivity index (χ4n) is 2.21. The van der Waals surface area contributed by atoms with E-state index in [1.54, 1.807) is 6.26 Å². The summed E-state index contributed by atoms with van der Waals surface area (Å²) in [6, 6.07) is 16.9. The van der Waals surface area contributed by atoms with Gasteiger partial charge < -0.3 is 5.32 Å². The van der Waals surface area contributed by atoms with Gasteiger partial charge >= 0.3 is 0 Å². The van der Waals surface area contributed by atoms with E-state index in [1.807, 2.05) is 60.9 Å². The Bertz CT molecular complexity index is 659. The Morgan fingerprint density at radius 3 is 2.41 bits per heavy atom. The van der Waals surface area contributed by atoms with E-state index in [1.165, 1.54) is 11.8 Å². The van der Waals surface area contributed by atoms with Crippen LogP contribution in [0.15, 0.2) is 59.5 Å². The first kappa shape index (κ1) is 16.8. The number of nitrogens with one attached hydrogen (secondary N) is 1. The molecule has 0 unspecified atom stereocenters. The first-order valence-electron chi connectivity index (χ1n) is 6.90. The van der Waals surface area contributed by atoms with Gasteiger partial charge in [0.15, 0.2) is 0 Å². The largest absolute Gasteiger partial charge is 0.344 e. The molecule has 0 aliphatic carbocycles. The lowest BCUT2D eigenvalue weighted by molar-refractivity contribution is 0.0937. The molecule has 116 valence electrons. The molecule has 0 saturated carbocycles. The van der Waals surface area contributed by atoms with E-state index in [4.69, 9.17) is 0 Å². The second-order valence-corrected chi connectivity index (χ2v) is 7.20. The van der Waals surface area contributed by atoms with Crippen LogP contribution < -0.4 is 5.32 Å². The Kier molecular flexibility index (Phi) is 6.21. The highest BCUT2D eigenvalue weighted by molar-refractivity contribution is 7.98. The van der Waals surface area contributed by atoms with E-state index in [9.17, 15) is 9.00 Å². The molecule has 0 aliphatic heterocycles. The normalized spacial score (nSPS) is 13.4. The fraction of sp³-hybridized carbons (Fsp3) is 0.235. The molecule has 3 nitrogen and oxygen atoms in total. The van der Waals surface area contributed by atoms with Crippen LogP contribution in [-0.2, 0) is 10.8 Å². The predicted molar refractivity (Wildman–Crippen MR) is 93.8 cm³/mol. The quantitative estimate of drug-likeness (QED) is 0.826. The molecule has 1 amide bonds. The minimum atomic E-state index is -0.996. The number of carbonyl (C=O) groups is 1. The molecular formula is C17H19NO2S2. The molecule has 2 rings (SSSR count). The molecule has 0 fully saturated rings. The molecule has 0 saturated heterocycles. The van der Waals surface area contributed by atoms with E-state index >= 15 is 0 Å². The van der Waals surface area contributed by atoms with Crippen molar-refractivity contribution in [2.75, 3.05) is 18.3 Å². The van der Waals surface area contributed by atoms with Gasteiger partial charge in [0, 0.05) is 27.7 Å². The lowest BCUT2D eigenvalue weighted by atomic mass is 10.1. The molecule has 2 atom stereocenters. The average Bonchev–Trinajstić information content (AvgIpc) is 2.54. The van der Waals surface area contributed by atoms with Gasteiger partial charge in [-0.2, -0.15) is 0 Å². The Morgan fingerprint density at radius 2 is 1.77 bits per heavy atom. The van der Waals surface area contributed by atoms with Crippen molar-refractivity contribution in [2.24, 2.45) is 0 Å². The molecule has 0 aliphatic rings. The van der Waals surface area contributed by atoms with Gasteiger partial charge in [-0.3, -0.25) is 9.00 Å². The number of hydrogen-bond acceptors (Lipinski definition) is 3. The number of benzene rings is 2. The van der Waals surface area contributed by atoms with Crippen molar-refractivity contribution in [3.63, 3.8) is 0 Å². The third-order valence-corrected chi connectivity index (χ3v) is 4.86. The summed E-state index contributed by atoms with van der Waals surface area (Å²) in [5.41, 5.74) is 1.62. The maximum Gasteiger partial charge on any atom is 0.252 e. The zero-order valence-electron chi connectivity index (χ0n) is 12.6. The van der Waals surface area contributed by atoms with Gasteiger partial charge in [0.2, 0.25) is 0 Å². The summed E-state index contributed by atoms with van der Waals surface area (Å²) in [7, 11) is -0.996. The summed E-state index contributed by atoms with van der Waals surface area (Å²) in [5.74, 6) is 0.265. The summed E-state index contributed by atoms with van der Waals surface area (Å²) >= 11 is 1.54. The summed E-state index contributed by atoms with van der Waals surface area (Å²) in [4.78, 5) is 13.5. The molecule has 22 heavy (non-hydrogen) atoms. The monoisotopic (exact) mass is 333 g/mol. The van der Waals surface area contributed by atoms with Gasteiger partial charge in [0.05, 0.1) is 11.6 Å². The van der Waals surface area contributed by atoms with E-state index in [0.29, 0.717) is 11.3 Å². The predicted octanol–water partition coefficient (Wildman–Crippen LogP) is 3.26. The number of hydrogen-bond donors (Lipinski definition) is 1. The molecule has 2 aromatic rings. The van der Waals surface area contributed by atoms with Crippen molar-refractivity contribution in [3.8, 4) is 0 Å². The van der Waals surface area contributed by atoms with Crippen molar-refractivity contribution in [1.82, 2.24) is 5.32 Å². The first-order chi connectivity index (χ1) is 10.6. The van der Waals surface area contributed by atoms with E-state index in [0.717, 1.165) is 10.5 Å². The lowest BCUT2D eigenvalue weighted by Gasteiger charge is -2.19. The Morgan fingerprint density at radius 1 is 1.14 bits per heavy atom. The van der Waals surface area contributed by atoms with Crippen LogP contribution in [0, 0.1) is 0 Å². The number of amides is 1. The first-order valence-corrected chi connectivity index (χ1v) is 9.86. The summed E-state index contributed by atoms with van der Waals surface area (Å²) in [6.45, 7) is 0. The van der Waals surface area contributed by atoms with Gasteiger partial charge in [0.1, 0.15) is 0 Å². The van der Waals surface area contributed by atoms with Gasteiger partial charge in [-0.15, -0.1) is 11.8 Å². The summed E-state index contributed by atoms with van der Waals surface area (Å²) in [5, 5.41) is 3.01. The van der Waals surface area contributed by atoms with Crippen LogP contribution >= 0.6 is 11.8 Å². The Balaban J connectivity index is 2.23. The van der Waals surface area contributed by atoms with Crippen LogP contribution in [0.4, 0.5) is 0 Å². The number of thioether (sulfide) groups is 1. The minimum absolute atomic E-state index is 0.135. The lowest BCUT2D eigenvalue weighted by Crippen LogP contribution is -2.32. The van der Waals surface area contributed by atoms with Crippen LogP contribution in [-0.4, -0.2) is 28.4 Å². The highest BCUT2D eigenvalue weighted by Gasteiger charge is 2.18. The number of carbonyl (C=O) groups excluding carboxylic acids is 1. The van der Waals surface area contributed by atoms with Crippen molar-refractivity contribution < 1.29 is 9.00 Å². The van der Waals surface area contributed by atoms with E-state index < -0.39 is 10.8 Å². The van der Waals surface area contributed by atoms with Gasteiger partial charge in [0.25, 0.3) is 5.91 Å². The second kappa shape index (κ2) is 8.15. The maximum atomic E-state index is 12.6. The van der Waals surface area contributed by atoms with Gasteiger partial charge in [-0.1, -0.05) is 42.5 Å². The number of rotatable bonds is 6. The third kappa shape index (κ3) is 4.45. The van der Waals surface area contributed by atoms with Crippen LogP contribution in [0.2, 0.25) is 0 Å². The maximum absolute atomic E-state index is 12.6. The zero-order valence-corrected chi connectivity index (χ0v) is 14.2. The standard InChI is InChI=1S/C17H19NO2S2/c1-21-16-11-7-6-10-14(16)17(19)18-15(12-22(2)20)13-8-4-3-5-9-13/h3-11,15H,12H2,1-2H3,(H,18,19)/t15-,22-/m0/s1. The second-order valence-electron chi connectivity index (χ2n) is 4.88. The zero-order chi connectivity index (χ0) is 15.9. The van der Waals surface area contributed by atoms with E-state index in [-0.39, 0.29) is 11.9 Å². The fourth-order valence-corrected chi connectivity index (χ4v) is 3.55. The minimum Gasteiger partial charge on any atom is -0.344 e. The SMILES string of the molecule is CSc1ccccc1C(=O)N[C@@H](C[S@](C)=O)c1ccccc1. The van der Waals surface area contributed by atoms with Gasteiger partial charge in [-0.25, -0.2) is 0 Å². The molecule has 0 bridgehead atoms. The molecule has 1 N–H and O–H groups in total. The van der Waals surface area contributed by atoms with Crippen LogP contribution in [0.5, 0.6) is 0 Å². The van der Waals surface area contributed by atoms with Crippen LogP contribution in [0.25, 0.3) is 0 Å². The molecular weight excluding hydrogens is 314 g/mol. The molecule has 5 heteroatoms. The topological polar surface area (TPSA) is 46.2 Å². The average molecular weight is 333 g/mol. The highest BCUT2D eigenvalue weighted by atomic mass is 32.2. The van der Waals surface area contributed by atoms with Crippen molar-refractivity contribution in [3.05, 3.63) is 65.7 Å². The molecule has 0 spiro atoms.